The molecule has 0 fully saturated rings. The van der Waals surface area contributed by atoms with Gasteiger partial charge in [-0.2, -0.15) is 0 Å². The first-order valence-corrected chi connectivity index (χ1v) is 8.71. The Morgan fingerprint density at radius 3 is 2.16 bits per heavy atom. The van der Waals surface area contributed by atoms with Crippen LogP contribution in [0.25, 0.3) is 0 Å². The summed E-state index contributed by atoms with van der Waals surface area (Å²) in [4.78, 5) is 2.89. The second-order valence-electron chi connectivity index (χ2n) is 4.60. The maximum Gasteiger partial charge on any atom is 0.217 e. The number of ether oxygens (including phenoxy) is 2. The van der Waals surface area contributed by atoms with Crippen molar-refractivity contribution < 1.29 is 31.6 Å². The highest BCUT2D eigenvalue weighted by Crippen LogP contribution is 2.11. The Morgan fingerprint density at radius 2 is 1.68 bits per heavy atom. The van der Waals surface area contributed by atoms with Gasteiger partial charge < -0.3 is 14.0 Å². The van der Waals surface area contributed by atoms with Gasteiger partial charge >= 0.3 is 0 Å². The lowest BCUT2D eigenvalue weighted by molar-refractivity contribution is -0.377. The highest BCUT2D eigenvalue weighted by atomic mass is 32.3. The van der Waals surface area contributed by atoms with Crippen LogP contribution in [0.15, 0.2) is 67.0 Å². The topological polar surface area (TPSA) is 99.0 Å². The lowest BCUT2D eigenvalue weighted by atomic mass is 10.2. The van der Waals surface area contributed by atoms with Crippen LogP contribution in [0.1, 0.15) is 5.56 Å². The fourth-order valence-corrected chi connectivity index (χ4v) is 1.81. The average molecular weight is 367 g/mol. The van der Waals surface area contributed by atoms with Crippen molar-refractivity contribution in [2.24, 2.45) is 0 Å². The van der Waals surface area contributed by atoms with Gasteiger partial charge in [0.25, 0.3) is 0 Å². The van der Waals surface area contributed by atoms with Crippen molar-refractivity contribution in [3.8, 4) is 5.75 Å². The molecule has 0 aliphatic carbocycles. The van der Waals surface area contributed by atoms with Crippen molar-refractivity contribution >= 4 is 10.4 Å². The molecule has 0 atom stereocenters. The fourth-order valence-electron chi connectivity index (χ4n) is 1.57. The maximum absolute atomic E-state index is 10.1. The molecule has 8 heteroatoms. The minimum Gasteiger partial charge on any atom is -0.726 e. The number of benzene rings is 1. The molecule has 1 heterocycles. The van der Waals surface area contributed by atoms with E-state index < -0.39 is 10.4 Å². The third-order valence-corrected chi connectivity index (χ3v) is 3.15. The molecule has 0 radical (unpaired) electrons. The van der Waals surface area contributed by atoms with E-state index in [1.807, 2.05) is 54.9 Å². The molecule has 0 bridgehead atoms. The Balaban J connectivity index is 0.000000435. The van der Waals surface area contributed by atoms with Crippen LogP contribution < -0.4 is 9.72 Å². The van der Waals surface area contributed by atoms with Crippen molar-refractivity contribution in [1.29, 1.82) is 0 Å². The fraction of sp³-hybridized carbons (Fsp3) is 0.235. The summed E-state index contributed by atoms with van der Waals surface area (Å²) < 4.78 is 44.6. The summed E-state index contributed by atoms with van der Waals surface area (Å²) in [6.07, 6.45) is 6.73. The van der Waals surface area contributed by atoms with Gasteiger partial charge in [-0.25, -0.2) is 13.4 Å². The molecule has 0 aliphatic heterocycles. The number of hydrogen-bond acceptors (Lipinski definition) is 6. The molecule has 0 spiro atoms. The third kappa shape index (κ3) is 11.8. The Morgan fingerprint density at radius 1 is 1.04 bits per heavy atom. The van der Waals surface area contributed by atoms with Gasteiger partial charge in [-0.1, -0.05) is 30.4 Å². The summed E-state index contributed by atoms with van der Waals surface area (Å²) in [5.41, 5.74) is 0.993. The number of rotatable bonds is 8. The van der Waals surface area contributed by atoms with Gasteiger partial charge in [-0.05, 0) is 17.7 Å². The van der Waals surface area contributed by atoms with Crippen LogP contribution in [0.4, 0.5) is 0 Å². The van der Waals surface area contributed by atoms with Gasteiger partial charge in [0.2, 0.25) is 10.4 Å². The quantitative estimate of drug-likeness (QED) is 0.305. The Bertz CT molecular complexity index is 675. The van der Waals surface area contributed by atoms with Crippen LogP contribution in [0.2, 0.25) is 0 Å². The molecule has 1 aromatic carbocycles. The zero-order valence-electron chi connectivity index (χ0n) is 13.8. The SMILES string of the molecule is COc1ccc(COC/C=C\COS(=O)(=O)[O-])cc1.c1cc[nH+]cc1. The molecule has 2 aromatic rings. The normalized spacial score (nSPS) is 11.0. The summed E-state index contributed by atoms with van der Waals surface area (Å²) in [7, 11) is -3.02. The van der Waals surface area contributed by atoms with E-state index in [0.717, 1.165) is 11.3 Å². The lowest BCUT2D eigenvalue weighted by Gasteiger charge is -2.04. The van der Waals surface area contributed by atoms with E-state index in [4.69, 9.17) is 9.47 Å². The molecule has 1 aromatic heterocycles. The first kappa shape index (κ1) is 20.8. The predicted octanol–water partition coefficient (Wildman–Crippen LogP) is 1.75. The summed E-state index contributed by atoms with van der Waals surface area (Å²) in [5, 5.41) is 0. The molecular formula is C17H21NO6S. The monoisotopic (exact) mass is 367 g/mol. The molecule has 25 heavy (non-hydrogen) atoms. The number of aromatic nitrogens is 1. The van der Waals surface area contributed by atoms with Crippen LogP contribution in [-0.4, -0.2) is 33.3 Å². The van der Waals surface area contributed by atoms with Crippen LogP contribution in [-0.2, 0) is 25.9 Å². The van der Waals surface area contributed by atoms with E-state index in [9.17, 15) is 13.0 Å². The van der Waals surface area contributed by atoms with Gasteiger partial charge in [0, 0.05) is 12.1 Å². The van der Waals surface area contributed by atoms with E-state index in [-0.39, 0.29) is 6.61 Å². The number of nitrogens with one attached hydrogen (secondary N) is 1. The zero-order valence-corrected chi connectivity index (χ0v) is 14.6. The molecule has 136 valence electrons. The lowest BCUT2D eigenvalue weighted by Crippen LogP contribution is -2.03. The standard InChI is InChI=1S/C12H16O6S.C5H5N/c1-16-12-6-4-11(5-7-12)10-17-8-2-3-9-18-19(13,14)15;1-2-4-6-5-3-1/h2-7H,8-10H2,1H3,(H,13,14,15);1-5H/b3-2-;. The van der Waals surface area contributed by atoms with Gasteiger partial charge in [-0.15, -0.1) is 0 Å². The first-order chi connectivity index (χ1) is 12.0. The van der Waals surface area contributed by atoms with E-state index in [1.165, 1.54) is 6.08 Å². The van der Waals surface area contributed by atoms with E-state index in [1.54, 1.807) is 13.2 Å². The molecule has 0 unspecified atom stereocenters. The molecule has 0 saturated carbocycles. The number of hydrogen-bond donors (Lipinski definition) is 0. The van der Waals surface area contributed by atoms with Gasteiger partial charge in [0.05, 0.1) is 26.9 Å². The maximum atomic E-state index is 10.1. The Hall–Kier alpha value is -2.26. The highest BCUT2D eigenvalue weighted by molar-refractivity contribution is 7.80. The zero-order chi connectivity index (χ0) is 18.4. The van der Waals surface area contributed by atoms with Gasteiger partial charge in [0.15, 0.2) is 12.4 Å². The van der Waals surface area contributed by atoms with Gasteiger partial charge in [0.1, 0.15) is 5.75 Å². The minimum atomic E-state index is -4.62. The van der Waals surface area contributed by atoms with Crippen molar-refractivity contribution in [2.75, 3.05) is 20.3 Å². The first-order valence-electron chi connectivity index (χ1n) is 7.38. The van der Waals surface area contributed by atoms with Crippen LogP contribution in [0.5, 0.6) is 5.75 Å². The van der Waals surface area contributed by atoms with Crippen LogP contribution >= 0.6 is 0 Å². The van der Waals surface area contributed by atoms with Crippen LogP contribution in [0.3, 0.4) is 0 Å². The molecule has 0 amide bonds. The largest absolute Gasteiger partial charge is 0.726 e. The third-order valence-electron chi connectivity index (χ3n) is 2.72. The number of pyridine rings is 1. The van der Waals surface area contributed by atoms with E-state index >= 15 is 0 Å². The van der Waals surface area contributed by atoms with Crippen molar-refractivity contribution in [3.05, 3.63) is 72.6 Å². The van der Waals surface area contributed by atoms with Gasteiger partial charge in [-0.3, -0.25) is 4.18 Å². The highest BCUT2D eigenvalue weighted by Gasteiger charge is 1.94. The van der Waals surface area contributed by atoms with Crippen molar-refractivity contribution in [3.63, 3.8) is 0 Å². The van der Waals surface area contributed by atoms with E-state index in [2.05, 4.69) is 9.17 Å². The summed E-state index contributed by atoms with van der Waals surface area (Å²) >= 11 is 0. The minimum absolute atomic E-state index is 0.280. The molecule has 2 rings (SSSR count). The van der Waals surface area contributed by atoms with Crippen LogP contribution in [0, 0.1) is 0 Å². The summed E-state index contributed by atoms with van der Waals surface area (Å²) in [6.45, 7) is 0.446. The predicted molar refractivity (Wildman–Crippen MR) is 90.4 cm³/mol. The average Bonchev–Trinajstić information content (AvgIpc) is 2.62. The van der Waals surface area contributed by atoms with Crippen molar-refractivity contribution in [1.82, 2.24) is 0 Å². The number of methoxy groups -OCH3 is 1. The smallest absolute Gasteiger partial charge is 0.217 e. The number of H-pyrrole nitrogens is 1. The number of aromatic amines is 1. The molecule has 1 N–H and O–H groups in total. The molecule has 0 aliphatic rings. The van der Waals surface area contributed by atoms with E-state index in [0.29, 0.717) is 13.2 Å². The molecule has 7 nitrogen and oxygen atoms in total. The second-order valence-corrected chi connectivity index (χ2v) is 5.66. The Labute approximate surface area is 147 Å². The second kappa shape index (κ2) is 12.2. The molecular weight excluding hydrogens is 346 g/mol. The summed E-state index contributed by atoms with van der Waals surface area (Å²) in [6, 6.07) is 13.3. The molecule has 0 saturated heterocycles. The summed E-state index contributed by atoms with van der Waals surface area (Å²) in [5.74, 6) is 0.777. The Kier molecular flexibility index (Phi) is 10.1. The van der Waals surface area contributed by atoms with Crippen molar-refractivity contribution in [2.45, 2.75) is 6.61 Å².